The second kappa shape index (κ2) is 6.68. The third-order valence-corrected chi connectivity index (χ3v) is 4.41. The van der Waals surface area contributed by atoms with Crippen LogP contribution in [-0.4, -0.2) is 22.5 Å². The summed E-state index contributed by atoms with van der Waals surface area (Å²) in [7, 11) is 0. The Morgan fingerprint density at radius 3 is 2.64 bits per heavy atom. The SMILES string of the molecule is O=C(NCC[C@H](O)c1ccccc1)c1nc2ccccc2s1. The van der Waals surface area contributed by atoms with E-state index in [0.29, 0.717) is 18.0 Å². The summed E-state index contributed by atoms with van der Waals surface area (Å²) >= 11 is 1.37. The molecule has 0 spiro atoms. The zero-order valence-corrected chi connectivity index (χ0v) is 12.7. The number of nitrogens with zero attached hydrogens (tertiary/aromatic N) is 1. The van der Waals surface area contributed by atoms with Crippen LogP contribution in [-0.2, 0) is 0 Å². The summed E-state index contributed by atoms with van der Waals surface area (Å²) in [5.41, 5.74) is 1.69. The third kappa shape index (κ3) is 3.32. The van der Waals surface area contributed by atoms with Gasteiger partial charge in [-0.15, -0.1) is 11.3 Å². The Balaban J connectivity index is 1.56. The molecule has 2 N–H and O–H groups in total. The molecule has 3 rings (SSSR count). The number of nitrogens with one attached hydrogen (secondary N) is 1. The van der Waals surface area contributed by atoms with Crippen LogP contribution < -0.4 is 5.32 Å². The number of aromatic nitrogens is 1. The van der Waals surface area contributed by atoms with E-state index in [2.05, 4.69) is 10.3 Å². The number of aliphatic hydroxyl groups excluding tert-OH is 1. The van der Waals surface area contributed by atoms with Crippen LogP contribution >= 0.6 is 11.3 Å². The van der Waals surface area contributed by atoms with E-state index in [9.17, 15) is 9.90 Å². The van der Waals surface area contributed by atoms with Crippen LogP contribution in [0.25, 0.3) is 10.2 Å². The Bertz CT molecular complexity index is 737. The number of amides is 1. The molecule has 0 bridgehead atoms. The topological polar surface area (TPSA) is 62.2 Å². The molecular weight excluding hydrogens is 296 g/mol. The van der Waals surface area contributed by atoms with Crippen molar-refractivity contribution < 1.29 is 9.90 Å². The molecule has 0 aliphatic rings. The van der Waals surface area contributed by atoms with Crippen molar-refractivity contribution in [3.8, 4) is 0 Å². The number of para-hydroxylation sites is 1. The minimum atomic E-state index is -0.572. The van der Waals surface area contributed by atoms with E-state index in [1.54, 1.807) is 0 Å². The lowest BCUT2D eigenvalue weighted by Crippen LogP contribution is -2.25. The van der Waals surface area contributed by atoms with Crippen molar-refractivity contribution >= 4 is 27.5 Å². The standard InChI is InChI=1S/C17H16N2O2S/c20-14(12-6-2-1-3-7-12)10-11-18-16(21)17-19-13-8-4-5-9-15(13)22-17/h1-9,14,20H,10-11H2,(H,18,21)/t14-/m0/s1. The number of benzene rings is 2. The first-order chi connectivity index (χ1) is 10.7. The van der Waals surface area contributed by atoms with Gasteiger partial charge < -0.3 is 10.4 Å². The number of carbonyl (C=O) groups excluding carboxylic acids is 1. The monoisotopic (exact) mass is 312 g/mol. The van der Waals surface area contributed by atoms with Crippen LogP contribution in [0.3, 0.4) is 0 Å². The van der Waals surface area contributed by atoms with Gasteiger partial charge in [0, 0.05) is 6.54 Å². The van der Waals surface area contributed by atoms with Gasteiger partial charge in [0.2, 0.25) is 0 Å². The van der Waals surface area contributed by atoms with E-state index in [1.807, 2.05) is 54.6 Å². The highest BCUT2D eigenvalue weighted by Crippen LogP contribution is 2.21. The van der Waals surface area contributed by atoms with Gasteiger partial charge in [0.25, 0.3) is 5.91 Å². The number of thiazole rings is 1. The fourth-order valence-electron chi connectivity index (χ4n) is 2.21. The molecule has 22 heavy (non-hydrogen) atoms. The average molecular weight is 312 g/mol. The second-order valence-electron chi connectivity index (χ2n) is 4.96. The van der Waals surface area contributed by atoms with Gasteiger partial charge in [-0.2, -0.15) is 0 Å². The van der Waals surface area contributed by atoms with Crippen molar-refractivity contribution in [2.45, 2.75) is 12.5 Å². The molecule has 1 aromatic heterocycles. The van der Waals surface area contributed by atoms with Crippen LogP contribution in [0.2, 0.25) is 0 Å². The zero-order chi connectivity index (χ0) is 15.4. The smallest absolute Gasteiger partial charge is 0.280 e. The molecule has 5 heteroatoms. The quantitative estimate of drug-likeness (QED) is 0.761. The van der Waals surface area contributed by atoms with Crippen LogP contribution in [0, 0.1) is 0 Å². The summed E-state index contributed by atoms with van der Waals surface area (Å²) in [6.45, 7) is 0.408. The molecule has 1 atom stereocenters. The lowest BCUT2D eigenvalue weighted by Gasteiger charge is -2.10. The largest absolute Gasteiger partial charge is 0.388 e. The summed E-state index contributed by atoms with van der Waals surface area (Å²) in [6, 6.07) is 17.1. The summed E-state index contributed by atoms with van der Waals surface area (Å²) < 4.78 is 0.997. The van der Waals surface area contributed by atoms with Gasteiger partial charge in [-0.3, -0.25) is 4.79 Å². The minimum absolute atomic E-state index is 0.193. The fraction of sp³-hybridized carbons (Fsp3) is 0.176. The maximum atomic E-state index is 12.1. The Labute approximate surface area is 132 Å². The van der Waals surface area contributed by atoms with Crippen molar-refractivity contribution in [2.75, 3.05) is 6.54 Å². The van der Waals surface area contributed by atoms with Crippen LogP contribution in [0.15, 0.2) is 54.6 Å². The Kier molecular flexibility index (Phi) is 4.46. The van der Waals surface area contributed by atoms with Crippen molar-refractivity contribution in [2.24, 2.45) is 0 Å². The third-order valence-electron chi connectivity index (χ3n) is 3.38. The Morgan fingerprint density at radius 1 is 1.14 bits per heavy atom. The summed E-state index contributed by atoms with van der Waals surface area (Å²) in [4.78, 5) is 16.4. The van der Waals surface area contributed by atoms with Gasteiger partial charge >= 0.3 is 0 Å². The van der Waals surface area contributed by atoms with Crippen LogP contribution in [0.5, 0.6) is 0 Å². The van der Waals surface area contributed by atoms with Crippen molar-refractivity contribution in [1.29, 1.82) is 0 Å². The molecule has 3 aromatic rings. The first-order valence-electron chi connectivity index (χ1n) is 7.11. The van der Waals surface area contributed by atoms with Crippen LogP contribution in [0.4, 0.5) is 0 Å². The van der Waals surface area contributed by atoms with Gasteiger partial charge in [0.05, 0.1) is 16.3 Å². The lowest BCUT2D eigenvalue weighted by atomic mass is 10.1. The predicted molar refractivity (Wildman–Crippen MR) is 88.0 cm³/mol. The lowest BCUT2D eigenvalue weighted by molar-refractivity contribution is 0.0942. The zero-order valence-electron chi connectivity index (χ0n) is 11.9. The number of carbonyl (C=O) groups is 1. The van der Waals surface area contributed by atoms with E-state index in [-0.39, 0.29) is 5.91 Å². The molecule has 4 nitrogen and oxygen atoms in total. The van der Waals surface area contributed by atoms with Gasteiger partial charge in [0.15, 0.2) is 5.01 Å². The van der Waals surface area contributed by atoms with Gasteiger partial charge in [-0.05, 0) is 24.1 Å². The van der Waals surface area contributed by atoms with E-state index in [0.717, 1.165) is 15.8 Å². The first kappa shape index (κ1) is 14.7. The number of hydrogen-bond donors (Lipinski definition) is 2. The van der Waals surface area contributed by atoms with E-state index in [1.165, 1.54) is 11.3 Å². The van der Waals surface area contributed by atoms with Gasteiger partial charge in [-0.25, -0.2) is 4.98 Å². The summed E-state index contributed by atoms with van der Waals surface area (Å²) in [6.07, 6.45) is -0.0995. The first-order valence-corrected chi connectivity index (χ1v) is 7.92. The minimum Gasteiger partial charge on any atom is -0.388 e. The molecule has 0 saturated carbocycles. The van der Waals surface area contributed by atoms with E-state index >= 15 is 0 Å². The van der Waals surface area contributed by atoms with Gasteiger partial charge in [0.1, 0.15) is 0 Å². The maximum Gasteiger partial charge on any atom is 0.280 e. The highest BCUT2D eigenvalue weighted by molar-refractivity contribution is 7.20. The number of aliphatic hydroxyl groups is 1. The fourth-order valence-corrected chi connectivity index (χ4v) is 3.09. The molecule has 0 saturated heterocycles. The summed E-state index contributed by atoms with van der Waals surface area (Å²) in [5, 5.41) is 13.3. The molecule has 1 heterocycles. The number of hydrogen-bond acceptors (Lipinski definition) is 4. The Hall–Kier alpha value is -2.24. The van der Waals surface area contributed by atoms with Crippen molar-refractivity contribution in [1.82, 2.24) is 10.3 Å². The molecule has 0 aliphatic heterocycles. The molecule has 112 valence electrons. The van der Waals surface area contributed by atoms with E-state index in [4.69, 9.17) is 0 Å². The number of fused-ring (bicyclic) bond motifs is 1. The molecule has 1 amide bonds. The summed E-state index contributed by atoms with van der Waals surface area (Å²) in [5.74, 6) is -0.193. The molecule has 0 aliphatic carbocycles. The van der Waals surface area contributed by atoms with E-state index < -0.39 is 6.10 Å². The highest BCUT2D eigenvalue weighted by atomic mass is 32.1. The molecular formula is C17H16N2O2S. The normalized spacial score (nSPS) is 12.2. The van der Waals surface area contributed by atoms with Gasteiger partial charge in [-0.1, -0.05) is 42.5 Å². The maximum absolute atomic E-state index is 12.1. The predicted octanol–water partition coefficient (Wildman–Crippen LogP) is 3.15. The van der Waals surface area contributed by atoms with Crippen molar-refractivity contribution in [3.63, 3.8) is 0 Å². The Morgan fingerprint density at radius 2 is 1.86 bits per heavy atom. The van der Waals surface area contributed by atoms with Crippen molar-refractivity contribution in [3.05, 3.63) is 65.2 Å². The average Bonchev–Trinajstić information content (AvgIpc) is 2.99. The number of rotatable bonds is 5. The van der Waals surface area contributed by atoms with Crippen LogP contribution in [0.1, 0.15) is 27.9 Å². The molecule has 0 fully saturated rings. The molecule has 0 radical (unpaired) electrons. The molecule has 2 aromatic carbocycles. The molecule has 0 unspecified atom stereocenters. The second-order valence-corrected chi connectivity index (χ2v) is 5.99. The highest BCUT2D eigenvalue weighted by Gasteiger charge is 2.12.